The number of alkyl halides is 1. The summed E-state index contributed by atoms with van der Waals surface area (Å²) in [6.07, 6.45) is 1.64. The van der Waals surface area contributed by atoms with E-state index < -0.39 is 0 Å². The van der Waals surface area contributed by atoms with E-state index in [1.807, 2.05) is 42.5 Å². The summed E-state index contributed by atoms with van der Waals surface area (Å²) >= 11 is 6.23. The fourth-order valence-electron chi connectivity index (χ4n) is 1.24. The lowest BCUT2D eigenvalue weighted by Crippen LogP contribution is -1.97. The average molecular weight is 205 g/mol. The second-order valence-electron chi connectivity index (χ2n) is 2.92. The molecule has 0 aliphatic carbocycles. The fourth-order valence-corrected chi connectivity index (χ4v) is 1.50. The van der Waals surface area contributed by atoms with Crippen molar-refractivity contribution in [2.24, 2.45) is 0 Å². The Morgan fingerprint density at radius 2 is 1.79 bits per heavy atom. The Kier molecular flexibility index (Phi) is 2.75. The Morgan fingerprint density at radius 3 is 2.43 bits per heavy atom. The number of aromatic nitrogens is 2. The second-order valence-corrected chi connectivity index (χ2v) is 3.36. The number of hydrogen-bond donors (Lipinski definition) is 0. The molecule has 0 radical (unpaired) electrons. The van der Waals surface area contributed by atoms with Gasteiger partial charge >= 0.3 is 0 Å². The minimum atomic E-state index is -0.218. The van der Waals surface area contributed by atoms with Crippen LogP contribution in [-0.2, 0) is 0 Å². The molecule has 2 nitrogen and oxygen atoms in total. The van der Waals surface area contributed by atoms with Crippen molar-refractivity contribution >= 4 is 11.6 Å². The summed E-state index contributed by atoms with van der Waals surface area (Å²) in [5.41, 5.74) is 1.81. The molecule has 1 aromatic heterocycles. The first-order valence-corrected chi connectivity index (χ1v) is 4.78. The third-order valence-corrected chi connectivity index (χ3v) is 2.42. The summed E-state index contributed by atoms with van der Waals surface area (Å²) in [6.45, 7) is 0. The molecule has 70 valence electrons. The van der Waals surface area contributed by atoms with Crippen molar-refractivity contribution in [2.75, 3.05) is 0 Å². The van der Waals surface area contributed by atoms with Gasteiger partial charge in [0.1, 0.15) is 5.38 Å². The average Bonchev–Trinajstić information content (AvgIpc) is 2.30. The SMILES string of the molecule is ClC(c1ccccc1)c1cccnn1. The predicted octanol–water partition coefficient (Wildman–Crippen LogP) is 2.80. The fraction of sp³-hybridized carbons (Fsp3) is 0.0909. The number of rotatable bonds is 2. The van der Waals surface area contributed by atoms with Crippen LogP contribution in [0.1, 0.15) is 16.6 Å². The van der Waals surface area contributed by atoms with Gasteiger partial charge in [-0.2, -0.15) is 10.2 Å². The molecule has 0 N–H and O–H groups in total. The molecule has 1 heterocycles. The molecular formula is C11H9ClN2. The molecule has 2 aromatic rings. The second kappa shape index (κ2) is 4.20. The van der Waals surface area contributed by atoms with Crippen molar-refractivity contribution in [3.63, 3.8) is 0 Å². The normalized spacial score (nSPS) is 12.4. The van der Waals surface area contributed by atoms with Crippen LogP contribution in [0.4, 0.5) is 0 Å². The highest BCUT2D eigenvalue weighted by Gasteiger charge is 2.10. The molecule has 0 aliphatic heterocycles. The molecule has 0 saturated heterocycles. The summed E-state index contributed by atoms with van der Waals surface area (Å²) in [5.74, 6) is 0. The van der Waals surface area contributed by atoms with E-state index >= 15 is 0 Å². The van der Waals surface area contributed by atoms with E-state index in [1.165, 1.54) is 0 Å². The molecule has 0 aliphatic rings. The van der Waals surface area contributed by atoms with Gasteiger partial charge in [0.2, 0.25) is 0 Å². The van der Waals surface area contributed by atoms with E-state index in [2.05, 4.69) is 10.2 Å². The summed E-state index contributed by atoms with van der Waals surface area (Å²) in [4.78, 5) is 0. The predicted molar refractivity (Wildman–Crippen MR) is 56.2 cm³/mol. The highest BCUT2D eigenvalue weighted by atomic mass is 35.5. The van der Waals surface area contributed by atoms with Crippen molar-refractivity contribution in [3.05, 3.63) is 59.9 Å². The molecule has 14 heavy (non-hydrogen) atoms. The molecule has 1 atom stereocenters. The summed E-state index contributed by atoms with van der Waals surface area (Å²) < 4.78 is 0. The topological polar surface area (TPSA) is 25.8 Å². The molecule has 0 fully saturated rings. The highest BCUT2D eigenvalue weighted by Crippen LogP contribution is 2.25. The third kappa shape index (κ3) is 1.91. The summed E-state index contributed by atoms with van der Waals surface area (Å²) in [5, 5.41) is 7.55. The van der Waals surface area contributed by atoms with Gasteiger partial charge in [-0.1, -0.05) is 30.3 Å². The zero-order chi connectivity index (χ0) is 9.80. The van der Waals surface area contributed by atoms with Gasteiger partial charge in [0.25, 0.3) is 0 Å². The Hall–Kier alpha value is -1.41. The van der Waals surface area contributed by atoms with Gasteiger partial charge in [-0.05, 0) is 17.7 Å². The lowest BCUT2D eigenvalue weighted by atomic mass is 10.1. The molecule has 1 unspecified atom stereocenters. The molecule has 0 bridgehead atoms. The Labute approximate surface area is 87.6 Å². The van der Waals surface area contributed by atoms with Crippen LogP contribution in [-0.4, -0.2) is 10.2 Å². The quantitative estimate of drug-likeness (QED) is 0.703. The van der Waals surface area contributed by atoms with Crippen LogP contribution in [0.3, 0.4) is 0 Å². The van der Waals surface area contributed by atoms with Crippen LogP contribution in [0.15, 0.2) is 48.7 Å². The maximum absolute atomic E-state index is 6.23. The van der Waals surface area contributed by atoms with Crippen LogP contribution >= 0.6 is 11.6 Å². The summed E-state index contributed by atoms with van der Waals surface area (Å²) in [7, 11) is 0. The van der Waals surface area contributed by atoms with Crippen LogP contribution in [0.2, 0.25) is 0 Å². The molecule has 0 spiro atoms. The minimum absolute atomic E-state index is 0.218. The molecule has 0 amide bonds. The zero-order valence-electron chi connectivity index (χ0n) is 7.47. The van der Waals surface area contributed by atoms with Gasteiger partial charge in [-0.3, -0.25) is 0 Å². The smallest absolute Gasteiger partial charge is 0.102 e. The molecule has 2 rings (SSSR count). The van der Waals surface area contributed by atoms with E-state index in [0.717, 1.165) is 11.3 Å². The van der Waals surface area contributed by atoms with Crippen LogP contribution < -0.4 is 0 Å². The van der Waals surface area contributed by atoms with Gasteiger partial charge < -0.3 is 0 Å². The molecular weight excluding hydrogens is 196 g/mol. The first kappa shape index (κ1) is 9.16. The monoisotopic (exact) mass is 204 g/mol. The number of halogens is 1. The van der Waals surface area contributed by atoms with Crippen LogP contribution in [0, 0.1) is 0 Å². The van der Waals surface area contributed by atoms with Gasteiger partial charge in [0.15, 0.2) is 0 Å². The molecule has 0 saturated carbocycles. The maximum Gasteiger partial charge on any atom is 0.102 e. The highest BCUT2D eigenvalue weighted by molar-refractivity contribution is 6.22. The number of nitrogens with zero attached hydrogens (tertiary/aromatic N) is 2. The third-order valence-electron chi connectivity index (χ3n) is 1.94. The standard InChI is InChI=1S/C11H9ClN2/c12-11(9-5-2-1-3-6-9)10-7-4-8-13-14-10/h1-8,11H. The largest absolute Gasteiger partial charge is 0.159 e. The number of hydrogen-bond acceptors (Lipinski definition) is 2. The maximum atomic E-state index is 6.23. The minimum Gasteiger partial charge on any atom is -0.159 e. The van der Waals surface area contributed by atoms with Gasteiger partial charge in [-0.15, -0.1) is 11.6 Å². The molecule has 1 aromatic carbocycles. The Morgan fingerprint density at radius 1 is 1.00 bits per heavy atom. The van der Waals surface area contributed by atoms with E-state index in [0.29, 0.717) is 0 Å². The lowest BCUT2D eigenvalue weighted by Gasteiger charge is -2.07. The van der Waals surface area contributed by atoms with Gasteiger partial charge in [-0.25, -0.2) is 0 Å². The van der Waals surface area contributed by atoms with E-state index in [9.17, 15) is 0 Å². The van der Waals surface area contributed by atoms with Crippen LogP contribution in [0.5, 0.6) is 0 Å². The van der Waals surface area contributed by atoms with Crippen molar-refractivity contribution < 1.29 is 0 Å². The van der Waals surface area contributed by atoms with E-state index in [1.54, 1.807) is 6.20 Å². The lowest BCUT2D eigenvalue weighted by molar-refractivity contribution is 0.921. The van der Waals surface area contributed by atoms with Crippen molar-refractivity contribution in [2.45, 2.75) is 5.38 Å². The first-order valence-electron chi connectivity index (χ1n) is 4.34. The van der Waals surface area contributed by atoms with E-state index in [-0.39, 0.29) is 5.38 Å². The summed E-state index contributed by atoms with van der Waals surface area (Å²) in [6, 6.07) is 13.5. The Bertz CT molecular complexity index is 349. The number of benzene rings is 1. The van der Waals surface area contributed by atoms with Crippen molar-refractivity contribution in [1.29, 1.82) is 0 Å². The van der Waals surface area contributed by atoms with Crippen LogP contribution in [0.25, 0.3) is 0 Å². The van der Waals surface area contributed by atoms with Gasteiger partial charge in [0, 0.05) is 6.20 Å². The molecule has 3 heteroatoms. The van der Waals surface area contributed by atoms with Crippen molar-refractivity contribution in [3.8, 4) is 0 Å². The Balaban J connectivity index is 2.30. The van der Waals surface area contributed by atoms with E-state index in [4.69, 9.17) is 11.6 Å². The first-order chi connectivity index (χ1) is 6.88. The van der Waals surface area contributed by atoms with Gasteiger partial charge in [0.05, 0.1) is 5.69 Å². The zero-order valence-corrected chi connectivity index (χ0v) is 8.22. The van der Waals surface area contributed by atoms with Crippen molar-refractivity contribution in [1.82, 2.24) is 10.2 Å².